The molecule has 0 amide bonds. The van der Waals surface area contributed by atoms with E-state index in [-0.39, 0.29) is 22.8 Å². The molecule has 0 saturated carbocycles. The summed E-state index contributed by atoms with van der Waals surface area (Å²) in [5, 5.41) is 14.2. The lowest BCUT2D eigenvalue weighted by Crippen LogP contribution is -2.45. The number of nitrogens with zero attached hydrogens (tertiary/aromatic N) is 2. The lowest BCUT2D eigenvalue weighted by Gasteiger charge is -2.36. The van der Waals surface area contributed by atoms with Crippen molar-refractivity contribution in [3.05, 3.63) is 28.3 Å². The zero-order valence-electron chi connectivity index (χ0n) is 12.1. The van der Waals surface area contributed by atoms with Crippen molar-refractivity contribution in [2.24, 2.45) is 0 Å². The van der Waals surface area contributed by atoms with E-state index in [1.54, 1.807) is 12.1 Å². The minimum atomic E-state index is -0.350. The van der Waals surface area contributed by atoms with Crippen LogP contribution in [0.4, 0.5) is 17.1 Å². The highest BCUT2D eigenvalue weighted by molar-refractivity contribution is 5.64. The second kappa shape index (κ2) is 6.09. The number of hydrogen-bond donors (Lipinski definition) is 1. The Morgan fingerprint density at radius 1 is 1.35 bits per heavy atom. The molecule has 0 aromatic heterocycles. The monoisotopic (exact) mass is 279 g/mol. The van der Waals surface area contributed by atoms with Crippen LogP contribution in [0.5, 0.6) is 0 Å². The number of nitro groups is 1. The zero-order valence-corrected chi connectivity index (χ0v) is 12.1. The molecule has 0 radical (unpaired) electrons. The molecule has 110 valence electrons. The van der Waals surface area contributed by atoms with Crippen LogP contribution in [-0.4, -0.2) is 36.8 Å². The molecule has 1 fully saturated rings. The maximum Gasteiger partial charge on any atom is 0.273 e. The maximum absolute atomic E-state index is 11.1. The molecule has 0 spiro atoms. The Morgan fingerprint density at radius 2 is 2.00 bits per heavy atom. The Morgan fingerprint density at radius 3 is 2.55 bits per heavy atom. The van der Waals surface area contributed by atoms with E-state index >= 15 is 0 Å². The van der Waals surface area contributed by atoms with Crippen LogP contribution >= 0.6 is 0 Å². The Balaban J connectivity index is 2.31. The summed E-state index contributed by atoms with van der Waals surface area (Å²) in [6.45, 7) is 8.23. The number of nitrogens with one attached hydrogen (secondary N) is 1. The molecule has 2 rings (SSSR count). The number of nitro benzene ring substituents is 1. The van der Waals surface area contributed by atoms with Crippen molar-refractivity contribution in [1.82, 2.24) is 0 Å². The molecular formula is C14H21N3O3. The molecule has 1 aliphatic heterocycles. The van der Waals surface area contributed by atoms with Gasteiger partial charge in [-0.2, -0.15) is 0 Å². The van der Waals surface area contributed by atoms with Crippen molar-refractivity contribution in [1.29, 1.82) is 0 Å². The smallest absolute Gasteiger partial charge is 0.273 e. The van der Waals surface area contributed by atoms with Crippen LogP contribution in [0.25, 0.3) is 0 Å². The topological polar surface area (TPSA) is 67.6 Å². The third kappa shape index (κ3) is 3.39. The molecule has 1 saturated heterocycles. The number of hydrogen-bond acceptors (Lipinski definition) is 5. The number of non-ortho nitro benzene ring substituents is 1. The number of ether oxygens (including phenoxy) is 1. The third-order valence-corrected chi connectivity index (χ3v) is 3.28. The van der Waals surface area contributed by atoms with Crippen LogP contribution in [0.2, 0.25) is 0 Å². The van der Waals surface area contributed by atoms with Gasteiger partial charge >= 0.3 is 0 Å². The van der Waals surface area contributed by atoms with Gasteiger partial charge < -0.3 is 15.0 Å². The quantitative estimate of drug-likeness (QED) is 0.678. The molecule has 0 aliphatic carbocycles. The lowest BCUT2D eigenvalue weighted by molar-refractivity contribution is -0.384. The van der Waals surface area contributed by atoms with Gasteiger partial charge in [-0.15, -0.1) is 0 Å². The van der Waals surface area contributed by atoms with Gasteiger partial charge in [0.05, 0.1) is 17.1 Å². The Labute approximate surface area is 118 Å². The maximum atomic E-state index is 11.1. The minimum absolute atomic E-state index is 0.116. The number of benzene rings is 1. The van der Waals surface area contributed by atoms with Crippen molar-refractivity contribution in [2.75, 3.05) is 29.9 Å². The number of rotatable bonds is 4. The predicted molar refractivity (Wildman–Crippen MR) is 79.5 cm³/mol. The highest BCUT2D eigenvalue weighted by atomic mass is 16.6. The molecule has 1 aliphatic rings. The van der Waals surface area contributed by atoms with E-state index in [0.717, 1.165) is 31.0 Å². The van der Waals surface area contributed by atoms with Crippen molar-refractivity contribution < 1.29 is 9.66 Å². The van der Waals surface area contributed by atoms with Crippen molar-refractivity contribution >= 4 is 17.1 Å². The summed E-state index contributed by atoms with van der Waals surface area (Å²) < 4.78 is 5.70. The van der Waals surface area contributed by atoms with E-state index in [9.17, 15) is 10.1 Å². The predicted octanol–water partition coefficient (Wildman–Crippen LogP) is 2.64. The van der Waals surface area contributed by atoms with Crippen molar-refractivity contribution in [3.63, 3.8) is 0 Å². The third-order valence-electron chi connectivity index (χ3n) is 3.28. The number of anilines is 2. The zero-order chi connectivity index (χ0) is 14.7. The average molecular weight is 279 g/mol. The molecule has 1 N–H and O–H groups in total. The van der Waals surface area contributed by atoms with Crippen LogP contribution in [0.1, 0.15) is 20.8 Å². The highest BCUT2D eigenvalue weighted by Gasteiger charge is 2.24. The summed E-state index contributed by atoms with van der Waals surface area (Å²) in [6.07, 6.45) is 0.251. The van der Waals surface area contributed by atoms with E-state index in [0.29, 0.717) is 0 Å². The normalized spacial score (nSPS) is 22.6. The molecule has 20 heavy (non-hydrogen) atoms. The van der Waals surface area contributed by atoms with E-state index < -0.39 is 0 Å². The first-order chi connectivity index (χ1) is 9.49. The lowest BCUT2D eigenvalue weighted by atomic mass is 10.1. The van der Waals surface area contributed by atoms with E-state index in [1.807, 2.05) is 26.8 Å². The van der Waals surface area contributed by atoms with Gasteiger partial charge in [-0.1, -0.05) is 0 Å². The molecule has 6 nitrogen and oxygen atoms in total. The van der Waals surface area contributed by atoms with Gasteiger partial charge in [-0.05, 0) is 26.8 Å². The molecule has 0 bridgehead atoms. The molecule has 0 unspecified atom stereocenters. The Bertz CT molecular complexity index is 483. The summed E-state index contributed by atoms with van der Waals surface area (Å²) in [7, 11) is 0. The van der Waals surface area contributed by atoms with Gasteiger partial charge in [0.15, 0.2) is 0 Å². The average Bonchev–Trinajstić information content (AvgIpc) is 2.37. The molecule has 2 atom stereocenters. The van der Waals surface area contributed by atoms with Gasteiger partial charge in [0.25, 0.3) is 5.69 Å². The van der Waals surface area contributed by atoms with Crippen LogP contribution < -0.4 is 10.2 Å². The first-order valence-electron chi connectivity index (χ1n) is 6.93. The summed E-state index contributed by atoms with van der Waals surface area (Å²) in [5.74, 6) is 0. The second-order valence-corrected chi connectivity index (χ2v) is 5.19. The largest absolute Gasteiger partial charge is 0.385 e. The van der Waals surface area contributed by atoms with Crippen LogP contribution in [-0.2, 0) is 4.74 Å². The molecular weight excluding hydrogens is 258 g/mol. The Kier molecular flexibility index (Phi) is 4.44. The minimum Gasteiger partial charge on any atom is -0.385 e. The van der Waals surface area contributed by atoms with Crippen LogP contribution in [0.3, 0.4) is 0 Å². The molecule has 6 heteroatoms. The van der Waals surface area contributed by atoms with Gasteiger partial charge in [0.2, 0.25) is 0 Å². The molecule has 1 aromatic carbocycles. The van der Waals surface area contributed by atoms with Gasteiger partial charge in [0.1, 0.15) is 0 Å². The van der Waals surface area contributed by atoms with Crippen molar-refractivity contribution in [3.8, 4) is 0 Å². The first kappa shape index (κ1) is 14.6. The fourth-order valence-electron chi connectivity index (χ4n) is 2.58. The number of morpholine rings is 1. The highest BCUT2D eigenvalue weighted by Crippen LogP contribution is 2.29. The Hall–Kier alpha value is -1.82. The van der Waals surface area contributed by atoms with E-state index in [1.165, 1.54) is 0 Å². The summed E-state index contributed by atoms with van der Waals surface area (Å²) in [5.41, 5.74) is 1.77. The van der Waals surface area contributed by atoms with Crippen molar-refractivity contribution in [2.45, 2.75) is 33.0 Å². The van der Waals surface area contributed by atoms with Crippen LogP contribution in [0.15, 0.2) is 18.2 Å². The fourth-order valence-corrected chi connectivity index (χ4v) is 2.58. The summed E-state index contributed by atoms with van der Waals surface area (Å²) in [6, 6.07) is 5.16. The fraction of sp³-hybridized carbons (Fsp3) is 0.571. The molecule has 1 aromatic rings. The summed E-state index contributed by atoms with van der Waals surface area (Å²) >= 11 is 0. The second-order valence-electron chi connectivity index (χ2n) is 5.19. The van der Waals surface area contributed by atoms with Gasteiger partial charge in [-0.3, -0.25) is 10.1 Å². The summed E-state index contributed by atoms with van der Waals surface area (Å²) in [4.78, 5) is 12.9. The molecule has 1 heterocycles. The van der Waals surface area contributed by atoms with Gasteiger partial charge in [-0.25, -0.2) is 0 Å². The van der Waals surface area contributed by atoms with E-state index in [4.69, 9.17) is 4.74 Å². The van der Waals surface area contributed by atoms with Crippen LogP contribution in [0, 0.1) is 10.1 Å². The SMILES string of the molecule is CCNc1cc(N2C[C@@H](C)O[C@@H](C)C2)cc([N+](=O)[O-])c1. The van der Waals surface area contributed by atoms with E-state index in [2.05, 4.69) is 10.2 Å². The standard InChI is InChI=1S/C14H21N3O3/c1-4-15-12-5-13(7-14(6-12)17(18)19)16-8-10(2)20-11(3)9-16/h5-7,10-11,15H,4,8-9H2,1-3H3/t10-,11+. The first-order valence-corrected chi connectivity index (χ1v) is 6.93. The van der Waals surface area contributed by atoms with Gasteiger partial charge in [0, 0.05) is 43.1 Å².